The van der Waals surface area contributed by atoms with Crippen LogP contribution in [0, 0.1) is 45.3 Å². The number of ether oxygens (including phenoxy) is 1. The molecule has 2 unspecified atom stereocenters. The van der Waals surface area contributed by atoms with Gasteiger partial charge < -0.3 is 14.9 Å². The van der Waals surface area contributed by atoms with Crippen molar-refractivity contribution in [1.82, 2.24) is 0 Å². The Labute approximate surface area is 203 Å². The predicted octanol–water partition coefficient (Wildman–Crippen LogP) is 6.74. The van der Waals surface area contributed by atoms with Crippen molar-refractivity contribution in [3.8, 4) is 0 Å². The molecule has 1 saturated heterocycles. The van der Waals surface area contributed by atoms with E-state index in [1.165, 1.54) is 44.9 Å². The predicted molar refractivity (Wildman–Crippen MR) is 134 cm³/mol. The van der Waals surface area contributed by atoms with Gasteiger partial charge in [-0.2, -0.15) is 0 Å². The molecule has 4 aliphatic carbocycles. The second-order valence-corrected chi connectivity index (χ2v) is 15.3. The summed E-state index contributed by atoms with van der Waals surface area (Å²) >= 11 is 0. The Kier molecular flexibility index (Phi) is 5.38. The first-order valence-electron chi connectivity index (χ1n) is 14.2. The van der Waals surface area contributed by atoms with Crippen LogP contribution in [0.15, 0.2) is 0 Å². The average molecular weight is 461 g/mol. The summed E-state index contributed by atoms with van der Waals surface area (Å²) in [5.74, 6) is 2.73. The lowest BCUT2D eigenvalue weighted by molar-refractivity contribution is -0.227. The fourth-order valence-electron chi connectivity index (χ4n) is 11.1. The van der Waals surface area contributed by atoms with Crippen molar-refractivity contribution in [1.29, 1.82) is 0 Å². The molecule has 0 aromatic heterocycles. The number of aliphatic hydroxyl groups is 2. The van der Waals surface area contributed by atoms with Crippen LogP contribution < -0.4 is 0 Å². The summed E-state index contributed by atoms with van der Waals surface area (Å²) < 4.78 is 6.73. The monoisotopic (exact) mass is 460 g/mol. The Hall–Kier alpha value is -0.120. The molecule has 1 heterocycles. The minimum absolute atomic E-state index is 0.0293. The third-order valence-electron chi connectivity index (χ3n) is 13.3. The second-order valence-electron chi connectivity index (χ2n) is 15.3. The van der Waals surface area contributed by atoms with Gasteiger partial charge in [0.15, 0.2) is 0 Å². The molecule has 10 atom stereocenters. The van der Waals surface area contributed by atoms with E-state index >= 15 is 0 Å². The Morgan fingerprint density at radius 1 is 0.697 bits per heavy atom. The van der Waals surface area contributed by atoms with Crippen molar-refractivity contribution in [3.63, 3.8) is 0 Å². The molecule has 0 spiro atoms. The van der Waals surface area contributed by atoms with Crippen LogP contribution in [-0.4, -0.2) is 33.6 Å². The van der Waals surface area contributed by atoms with Crippen LogP contribution >= 0.6 is 0 Å². The Bertz CT molecular complexity index is 784. The van der Waals surface area contributed by atoms with E-state index in [2.05, 4.69) is 41.5 Å². The SMILES string of the molecule is CC(C)(O)C1CC[C@@](C)([C@H]2CC[C@@]3(C)[C@@H]2CC[C@@H]2[C@@]4(C)CC[C@@H](O)C(C)(C)C4CC[C@]23C)O1. The van der Waals surface area contributed by atoms with Gasteiger partial charge in [0.25, 0.3) is 0 Å². The summed E-state index contributed by atoms with van der Waals surface area (Å²) in [4.78, 5) is 0. The molecule has 1 aliphatic heterocycles. The maximum Gasteiger partial charge on any atom is 0.0865 e. The molecule has 3 nitrogen and oxygen atoms in total. The van der Waals surface area contributed by atoms with E-state index < -0.39 is 5.60 Å². The molecule has 5 fully saturated rings. The van der Waals surface area contributed by atoms with E-state index in [-0.39, 0.29) is 23.2 Å². The molecular formula is C30H52O3. The maximum absolute atomic E-state index is 10.9. The van der Waals surface area contributed by atoms with Gasteiger partial charge in [0.1, 0.15) is 0 Å². The lowest BCUT2D eigenvalue weighted by Crippen LogP contribution is -2.64. The van der Waals surface area contributed by atoms with Crippen LogP contribution in [0.2, 0.25) is 0 Å². The molecule has 33 heavy (non-hydrogen) atoms. The van der Waals surface area contributed by atoms with Crippen molar-refractivity contribution in [2.75, 3.05) is 0 Å². The largest absolute Gasteiger partial charge is 0.393 e. The van der Waals surface area contributed by atoms with Crippen LogP contribution in [0.3, 0.4) is 0 Å². The summed E-state index contributed by atoms with van der Waals surface area (Å²) in [6, 6.07) is 0. The van der Waals surface area contributed by atoms with Crippen LogP contribution in [0.5, 0.6) is 0 Å². The van der Waals surface area contributed by atoms with Gasteiger partial charge in [-0.15, -0.1) is 0 Å². The zero-order valence-electron chi connectivity index (χ0n) is 22.8. The average Bonchev–Trinajstić information content (AvgIpc) is 3.27. The van der Waals surface area contributed by atoms with Gasteiger partial charge in [-0.25, -0.2) is 0 Å². The molecule has 190 valence electrons. The summed E-state index contributed by atoms with van der Waals surface area (Å²) in [7, 11) is 0. The first-order chi connectivity index (χ1) is 15.1. The van der Waals surface area contributed by atoms with E-state index in [4.69, 9.17) is 4.74 Å². The number of fused-ring (bicyclic) bond motifs is 5. The van der Waals surface area contributed by atoms with Gasteiger partial charge in [-0.05, 0) is 130 Å². The third kappa shape index (κ3) is 3.16. The van der Waals surface area contributed by atoms with Gasteiger partial charge in [-0.1, -0.05) is 34.6 Å². The molecule has 5 rings (SSSR count). The van der Waals surface area contributed by atoms with Crippen molar-refractivity contribution in [2.45, 2.75) is 143 Å². The molecule has 0 aromatic carbocycles. The third-order valence-corrected chi connectivity index (χ3v) is 13.3. The quantitative estimate of drug-likeness (QED) is 0.480. The summed E-state index contributed by atoms with van der Waals surface area (Å²) in [6.07, 6.45) is 11.9. The smallest absolute Gasteiger partial charge is 0.0865 e. The van der Waals surface area contributed by atoms with Crippen molar-refractivity contribution < 1.29 is 14.9 Å². The fourth-order valence-corrected chi connectivity index (χ4v) is 11.1. The molecule has 2 N–H and O–H groups in total. The van der Waals surface area contributed by atoms with E-state index in [0.29, 0.717) is 28.1 Å². The van der Waals surface area contributed by atoms with Gasteiger partial charge in [0.05, 0.1) is 23.4 Å². The summed E-state index contributed by atoms with van der Waals surface area (Å²) in [6.45, 7) is 18.8. The number of rotatable bonds is 2. The topological polar surface area (TPSA) is 49.7 Å². The van der Waals surface area contributed by atoms with Gasteiger partial charge in [0.2, 0.25) is 0 Å². The minimum atomic E-state index is -0.755. The van der Waals surface area contributed by atoms with Gasteiger partial charge >= 0.3 is 0 Å². The molecule has 0 radical (unpaired) electrons. The standard InChI is InChI=1S/C30H52O3/c1-25(2)21-12-17-29(7)22(27(21,5)15-13-23(25)31)10-9-19-20(11-16-28(19,29)6)30(8)18-14-24(33-30)26(3,4)32/h19-24,31-32H,9-18H2,1-8H3/t19-,20+,21?,22-,23-,24?,27+,28+,29-,30+/m1/s1. The van der Waals surface area contributed by atoms with E-state index in [1.807, 2.05) is 13.8 Å². The normalized spacial score (nSPS) is 56.2. The molecule has 5 aliphatic rings. The molecule has 0 aromatic rings. The summed E-state index contributed by atoms with van der Waals surface area (Å²) in [5, 5.41) is 21.5. The van der Waals surface area contributed by atoms with E-state index in [0.717, 1.165) is 31.1 Å². The molecular weight excluding hydrogens is 408 g/mol. The highest BCUT2D eigenvalue weighted by Crippen LogP contribution is 2.76. The summed E-state index contributed by atoms with van der Waals surface area (Å²) in [5.41, 5.74) is 0.277. The Balaban J connectivity index is 1.44. The number of hydrogen-bond donors (Lipinski definition) is 2. The van der Waals surface area contributed by atoms with E-state index in [9.17, 15) is 10.2 Å². The van der Waals surface area contributed by atoms with Gasteiger partial charge in [-0.3, -0.25) is 0 Å². The fraction of sp³-hybridized carbons (Fsp3) is 1.00. The van der Waals surface area contributed by atoms with E-state index in [1.54, 1.807) is 0 Å². The maximum atomic E-state index is 10.9. The zero-order chi connectivity index (χ0) is 24.2. The second kappa shape index (κ2) is 7.22. The minimum Gasteiger partial charge on any atom is -0.393 e. The zero-order valence-corrected chi connectivity index (χ0v) is 22.8. The van der Waals surface area contributed by atoms with Crippen LogP contribution in [-0.2, 0) is 4.74 Å². The van der Waals surface area contributed by atoms with Crippen molar-refractivity contribution in [3.05, 3.63) is 0 Å². The van der Waals surface area contributed by atoms with Gasteiger partial charge in [0, 0.05) is 0 Å². The first kappa shape index (κ1) is 24.6. The molecule has 3 heteroatoms. The highest BCUT2D eigenvalue weighted by Gasteiger charge is 2.70. The Morgan fingerprint density at radius 3 is 2.00 bits per heavy atom. The highest BCUT2D eigenvalue weighted by molar-refractivity contribution is 5.18. The van der Waals surface area contributed by atoms with Crippen LogP contribution in [0.1, 0.15) is 120 Å². The molecule has 4 saturated carbocycles. The lowest BCUT2D eigenvalue weighted by Gasteiger charge is -2.70. The number of hydrogen-bond acceptors (Lipinski definition) is 3. The van der Waals surface area contributed by atoms with Crippen molar-refractivity contribution >= 4 is 0 Å². The van der Waals surface area contributed by atoms with Crippen LogP contribution in [0.25, 0.3) is 0 Å². The highest BCUT2D eigenvalue weighted by atomic mass is 16.5. The first-order valence-corrected chi connectivity index (χ1v) is 14.2. The number of aliphatic hydroxyl groups excluding tert-OH is 1. The Morgan fingerprint density at radius 2 is 1.36 bits per heavy atom. The van der Waals surface area contributed by atoms with Crippen molar-refractivity contribution in [2.24, 2.45) is 45.3 Å². The molecule has 0 amide bonds. The van der Waals surface area contributed by atoms with Crippen LogP contribution in [0.4, 0.5) is 0 Å². The lowest BCUT2D eigenvalue weighted by atomic mass is 9.35. The molecule has 0 bridgehead atoms.